The van der Waals surface area contributed by atoms with Crippen molar-refractivity contribution >= 4 is 34.7 Å². The van der Waals surface area contributed by atoms with Crippen LogP contribution in [-0.2, 0) is 10.2 Å². The summed E-state index contributed by atoms with van der Waals surface area (Å²) in [6, 6.07) is 21.8. The van der Waals surface area contributed by atoms with Crippen LogP contribution in [0.5, 0.6) is 5.75 Å². The minimum Gasteiger partial charge on any atom is -0.491 e. The third kappa shape index (κ3) is 7.75. The summed E-state index contributed by atoms with van der Waals surface area (Å²) < 4.78 is 25.1. The number of carbonyl (C=O) groups is 1. The lowest BCUT2D eigenvalue weighted by Gasteiger charge is -2.19. The van der Waals surface area contributed by atoms with Crippen molar-refractivity contribution in [1.29, 1.82) is 0 Å². The number of ether oxygens (including phenoxy) is 2. The third-order valence-electron chi connectivity index (χ3n) is 5.81. The summed E-state index contributed by atoms with van der Waals surface area (Å²) in [6.45, 7) is 7.32. The van der Waals surface area contributed by atoms with E-state index in [0.717, 1.165) is 11.8 Å². The molecule has 3 N–H and O–H groups in total. The van der Waals surface area contributed by atoms with E-state index in [-0.39, 0.29) is 23.1 Å². The SMILES string of the molecule is COCCOc1ccc(Nc2ncc(F)c(Nc3cccc(NC(=O)c4ccc(C(C)(C)C)cc4)c3)n2)cc1. The second kappa shape index (κ2) is 12.4. The molecule has 0 radical (unpaired) electrons. The maximum absolute atomic E-state index is 14.5. The first kappa shape index (κ1) is 27.5. The van der Waals surface area contributed by atoms with Gasteiger partial charge in [0.1, 0.15) is 12.4 Å². The van der Waals surface area contributed by atoms with Gasteiger partial charge in [-0.15, -0.1) is 0 Å². The van der Waals surface area contributed by atoms with Gasteiger partial charge < -0.3 is 25.4 Å². The molecule has 0 atom stereocenters. The van der Waals surface area contributed by atoms with Gasteiger partial charge in [0.05, 0.1) is 12.8 Å². The Morgan fingerprint density at radius 1 is 0.897 bits per heavy atom. The maximum Gasteiger partial charge on any atom is 0.255 e. The monoisotopic (exact) mass is 529 g/mol. The molecule has 4 aromatic rings. The second-order valence-electron chi connectivity index (χ2n) is 9.87. The molecule has 0 saturated heterocycles. The second-order valence-corrected chi connectivity index (χ2v) is 9.87. The average Bonchev–Trinajstić information content (AvgIpc) is 2.91. The fourth-order valence-corrected chi connectivity index (χ4v) is 3.66. The molecule has 0 bridgehead atoms. The van der Waals surface area contributed by atoms with Gasteiger partial charge in [0, 0.05) is 29.7 Å². The molecule has 3 aromatic carbocycles. The van der Waals surface area contributed by atoms with Crippen LogP contribution in [0.3, 0.4) is 0 Å². The highest BCUT2D eigenvalue weighted by atomic mass is 19.1. The highest BCUT2D eigenvalue weighted by Gasteiger charge is 2.15. The van der Waals surface area contributed by atoms with Gasteiger partial charge in [-0.3, -0.25) is 4.79 Å². The molecule has 4 rings (SSSR count). The molecule has 202 valence electrons. The number of methoxy groups -OCH3 is 1. The largest absolute Gasteiger partial charge is 0.491 e. The highest BCUT2D eigenvalue weighted by molar-refractivity contribution is 6.04. The van der Waals surface area contributed by atoms with Gasteiger partial charge >= 0.3 is 0 Å². The Kier molecular flexibility index (Phi) is 8.73. The van der Waals surface area contributed by atoms with Crippen LogP contribution >= 0.6 is 0 Å². The number of benzene rings is 3. The number of anilines is 5. The molecular formula is C30H32FN5O3. The van der Waals surface area contributed by atoms with E-state index < -0.39 is 5.82 Å². The summed E-state index contributed by atoms with van der Waals surface area (Å²) in [4.78, 5) is 21.1. The number of hydrogen-bond acceptors (Lipinski definition) is 7. The quantitative estimate of drug-likeness (QED) is 0.197. The number of nitrogens with one attached hydrogen (secondary N) is 3. The van der Waals surface area contributed by atoms with Crippen LogP contribution in [-0.4, -0.2) is 36.2 Å². The van der Waals surface area contributed by atoms with Gasteiger partial charge in [-0.1, -0.05) is 39.0 Å². The van der Waals surface area contributed by atoms with E-state index >= 15 is 0 Å². The number of halogens is 1. The molecule has 8 nitrogen and oxygen atoms in total. The van der Waals surface area contributed by atoms with Gasteiger partial charge in [-0.25, -0.2) is 9.37 Å². The number of aromatic nitrogens is 2. The van der Waals surface area contributed by atoms with Gasteiger partial charge in [-0.05, 0) is 65.6 Å². The molecule has 1 amide bonds. The Hall–Kier alpha value is -4.50. The Morgan fingerprint density at radius 2 is 1.62 bits per heavy atom. The van der Waals surface area contributed by atoms with Crippen LogP contribution in [0.15, 0.2) is 79.0 Å². The lowest BCUT2D eigenvalue weighted by Crippen LogP contribution is -2.14. The first-order valence-corrected chi connectivity index (χ1v) is 12.5. The zero-order chi connectivity index (χ0) is 27.8. The molecule has 0 spiro atoms. The van der Waals surface area contributed by atoms with E-state index in [1.807, 2.05) is 36.4 Å². The Morgan fingerprint density at radius 3 is 2.31 bits per heavy atom. The minimum absolute atomic E-state index is 0.00429. The summed E-state index contributed by atoms with van der Waals surface area (Å²) in [5.74, 6) is 0.0653. The van der Waals surface area contributed by atoms with Gasteiger partial charge in [0.15, 0.2) is 11.6 Å². The molecule has 0 fully saturated rings. The van der Waals surface area contributed by atoms with Crippen molar-refractivity contribution in [2.45, 2.75) is 26.2 Å². The summed E-state index contributed by atoms with van der Waals surface area (Å²) in [5.41, 5.74) is 3.53. The van der Waals surface area contributed by atoms with E-state index in [9.17, 15) is 9.18 Å². The van der Waals surface area contributed by atoms with E-state index in [2.05, 4.69) is 46.7 Å². The van der Waals surface area contributed by atoms with Crippen molar-refractivity contribution in [2.75, 3.05) is 36.3 Å². The normalized spacial score (nSPS) is 11.1. The lowest BCUT2D eigenvalue weighted by atomic mass is 9.87. The fraction of sp³-hybridized carbons (Fsp3) is 0.233. The summed E-state index contributed by atoms with van der Waals surface area (Å²) in [7, 11) is 1.62. The first-order chi connectivity index (χ1) is 18.7. The molecule has 1 aromatic heterocycles. The first-order valence-electron chi connectivity index (χ1n) is 12.5. The number of nitrogens with zero attached hydrogens (tertiary/aromatic N) is 2. The van der Waals surface area contributed by atoms with Gasteiger partial charge in [0.25, 0.3) is 5.91 Å². The Bertz CT molecular complexity index is 1400. The number of hydrogen-bond donors (Lipinski definition) is 3. The molecule has 39 heavy (non-hydrogen) atoms. The van der Waals surface area contributed by atoms with Crippen molar-refractivity contribution in [1.82, 2.24) is 9.97 Å². The Balaban J connectivity index is 1.41. The van der Waals surface area contributed by atoms with Crippen molar-refractivity contribution < 1.29 is 18.7 Å². The number of carbonyl (C=O) groups excluding carboxylic acids is 1. The van der Waals surface area contributed by atoms with Crippen LogP contribution in [0, 0.1) is 5.82 Å². The number of amides is 1. The highest BCUT2D eigenvalue weighted by Crippen LogP contribution is 2.25. The van der Waals surface area contributed by atoms with Gasteiger partial charge in [0.2, 0.25) is 5.95 Å². The van der Waals surface area contributed by atoms with E-state index in [0.29, 0.717) is 41.6 Å². The summed E-state index contributed by atoms with van der Waals surface area (Å²) >= 11 is 0. The number of rotatable bonds is 10. The average molecular weight is 530 g/mol. The predicted molar refractivity (Wildman–Crippen MR) is 152 cm³/mol. The molecule has 0 aliphatic heterocycles. The smallest absolute Gasteiger partial charge is 0.255 e. The zero-order valence-electron chi connectivity index (χ0n) is 22.4. The zero-order valence-corrected chi connectivity index (χ0v) is 22.4. The van der Waals surface area contributed by atoms with Crippen LogP contribution in [0.25, 0.3) is 0 Å². The molecular weight excluding hydrogens is 497 g/mol. The van der Waals surface area contributed by atoms with Crippen LogP contribution < -0.4 is 20.7 Å². The summed E-state index contributed by atoms with van der Waals surface area (Å²) in [5, 5.41) is 8.91. The molecule has 9 heteroatoms. The minimum atomic E-state index is -0.615. The predicted octanol–water partition coefficient (Wildman–Crippen LogP) is 6.68. The molecule has 0 saturated carbocycles. The van der Waals surface area contributed by atoms with Crippen LogP contribution in [0.2, 0.25) is 0 Å². The molecule has 0 unspecified atom stereocenters. The topological polar surface area (TPSA) is 97.4 Å². The van der Waals surface area contributed by atoms with Crippen LogP contribution in [0.4, 0.5) is 33.2 Å². The standard InChI is InChI=1S/C30H32FN5O3/c1-30(2,3)21-10-8-20(9-11-21)28(37)34-24-7-5-6-23(18-24)33-27-26(31)19-32-29(36-27)35-22-12-14-25(15-13-22)39-17-16-38-4/h5-15,18-19H,16-17H2,1-4H3,(H,34,37)(H2,32,33,35,36). The Labute approximate surface area is 227 Å². The van der Waals surface area contributed by atoms with Gasteiger partial charge in [-0.2, -0.15) is 4.98 Å². The maximum atomic E-state index is 14.5. The van der Waals surface area contributed by atoms with E-state index in [1.54, 1.807) is 43.5 Å². The molecule has 1 heterocycles. The van der Waals surface area contributed by atoms with E-state index in [4.69, 9.17) is 9.47 Å². The van der Waals surface area contributed by atoms with E-state index in [1.165, 1.54) is 0 Å². The lowest BCUT2D eigenvalue weighted by molar-refractivity contribution is 0.102. The van der Waals surface area contributed by atoms with Crippen molar-refractivity contribution in [3.8, 4) is 5.75 Å². The molecule has 0 aliphatic rings. The summed E-state index contributed by atoms with van der Waals surface area (Å²) in [6.07, 6.45) is 1.09. The van der Waals surface area contributed by atoms with Crippen molar-refractivity contribution in [3.63, 3.8) is 0 Å². The van der Waals surface area contributed by atoms with Crippen LogP contribution in [0.1, 0.15) is 36.7 Å². The molecule has 0 aliphatic carbocycles. The third-order valence-corrected chi connectivity index (χ3v) is 5.81. The fourth-order valence-electron chi connectivity index (χ4n) is 3.66. The van der Waals surface area contributed by atoms with Crippen molar-refractivity contribution in [3.05, 3.63) is 95.9 Å². The van der Waals surface area contributed by atoms with Crippen molar-refractivity contribution in [2.24, 2.45) is 0 Å².